The molecule has 0 unspecified atom stereocenters. The maximum Gasteiger partial charge on any atom is 0.335 e. The lowest BCUT2D eigenvalue weighted by Gasteiger charge is -2.18. The van der Waals surface area contributed by atoms with Gasteiger partial charge in [-0.25, -0.2) is 9.48 Å². The van der Waals surface area contributed by atoms with E-state index >= 15 is 0 Å². The predicted molar refractivity (Wildman–Crippen MR) is 154 cm³/mol. The van der Waals surface area contributed by atoms with E-state index in [9.17, 15) is 9.90 Å². The van der Waals surface area contributed by atoms with Gasteiger partial charge in [-0.15, -0.1) is 5.10 Å². The van der Waals surface area contributed by atoms with E-state index in [1.165, 1.54) is 0 Å². The summed E-state index contributed by atoms with van der Waals surface area (Å²) in [5.74, 6) is 0.595. The summed E-state index contributed by atoms with van der Waals surface area (Å²) in [4.78, 5) is 11.8. The molecule has 1 N–H and O–H groups in total. The Morgan fingerprint density at radius 2 is 1.46 bits per heavy atom. The van der Waals surface area contributed by atoms with Gasteiger partial charge in [0.05, 0.1) is 11.1 Å². The van der Waals surface area contributed by atoms with E-state index in [-0.39, 0.29) is 5.56 Å². The van der Waals surface area contributed by atoms with E-state index in [1.807, 2.05) is 78.9 Å². The van der Waals surface area contributed by atoms with Gasteiger partial charge < -0.3 is 19.3 Å². The molecule has 9 nitrogen and oxygen atoms in total. The van der Waals surface area contributed by atoms with Crippen molar-refractivity contribution in [3.63, 3.8) is 0 Å². The van der Waals surface area contributed by atoms with Crippen LogP contribution in [-0.4, -0.2) is 45.0 Å². The van der Waals surface area contributed by atoms with Gasteiger partial charge in [0.1, 0.15) is 24.7 Å². The number of hydrogen-bond donors (Lipinski definition) is 1. The number of carboxylic acid groups (broad SMARTS) is 1. The van der Waals surface area contributed by atoms with Crippen LogP contribution in [0.4, 0.5) is 0 Å². The van der Waals surface area contributed by atoms with Crippen molar-refractivity contribution in [2.45, 2.75) is 26.2 Å². The van der Waals surface area contributed by atoms with Crippen LogP contribution in [0.2, 0.25) is 0 Å². The summed E-state index contributed by atoms with van der Waals surface area (Å²) < 4.78 is 19.6. The Kier molecular flexibility index (Phi) is 8.98. The number of aromatic nitrogens is 4. The molecule has 5 rings (SSSR count). The Labute approximate surface area is 237 Å². The summed E-state index contributed by atoms with van der Waals surface area (Å²) >= 11 is 0. The SMILES string of the molecule is COCCCn1nnnc1-c1cc(-c2cccc(C(=O)O)c2)c(OCc2ccccc2)cc1OCc1ccccc1. The average molecular weight is 551 g/mol. The van der Waals surface area contributed by atoms with Crippen molar-refractivity contribution in [2.24, 2.45) is 0 Å². The number of hydrogen-bond acceptors (Lipinski definition) is 7. The number of tetrazole rings is 1. The van der Waals surface area contributed by atoms with E-state index in [0.29, 0.717) is 60.4 Å². The number of ether oxygens (including phenoxy) is 3. The highest BCUT2D eigenvalue weighted by Gasteiger charge is 2.21. The number of carboxylic acids is 1. The van der Waals surface area contributed by atoms with Gasteiger partial charge in [0, 0.05) is 31.9 Å². The molecule has 4 aromatic carbocycles. The van der Waals surface area contributed by atoms with Gasteiger partial charge in [0.15, 0.2) is 5.82 Å². The molecule has 0 fully saturated rings. The number of nitrogens with zero attached hydrogens (tertiary/aromatic N) is 4. The number of carbonyl (C=O) groups is 1. The Morgan fingerprint density at radius 3 is 2.10 bits per heavy atom. The highest BCUT2D eigenvalue weighted by molar-refractivity contribution is 5.90. The van der Waals surface area contributed by atoms with Crippen LogP contribution in [0, 0.1) is 0 Å². The van der Waals surface area contributed by atoms with Gasteiger partial charge in [0.25, 0.3) is 0 Å². The largest absolute Gasteiger partial charge is 0.488 e. The highest BCUT2D eigenvalue weighted by Crippen LogP contribution is 2.41. The minimum atomic E-state index is -1.01. The van der Waals surface area contributed by atoms with Crippen molar-refractivity contribution in [3.05, 3.63) is 114 Å². The first kappa shape index (κ1) is 27.5. The summed E-state index contributed by atoms with van der Waals surface area (Å²) in [7, 11) is 1.65. The molecule has 5 aromatic rings. The van der Waals surface area contributed by atoms with Gasteiger partial charge in [-0.1, -0.05) is 72.8 Å². The lowest BCUT2D eigenvalue weighted by molar-refractivity contribution is 0.0697. The van der Waals surface area contributed by atoms with Crippen molar-refractivity contribution < 1.29 is 24.1 Å². The highest BCUT2D eigenvalue weighted by atomic mass is 16.5. The van der Waals surface area contributed by atoms with Crippen molar-refractivity contribution >= 4 is 5.97 Å². The summed E-state index contributed by atoms with van der Waals surface area (Å²) in [5.41, 5.74) is 4.21. The zero-order valence-electron chi connectivity index (χ0n) is 22.6. The summed E-state index contributed by atoms with van der Waals surface area (Å²) in [5, 5.41) is 22.1. The molecular formula is C32H30N4O5. The first-order valence-corrected chi connectivity index (χ1v) is 13.2. The molecule has 41 heavy (non-hydrogen) atoms. The van der Waals surface area contributed by atoms with E-state index in [4.69, 9.17) is 14.2 Å². The standard InChI is InChI=1S/C32H30N4O5/c1-39-17-9-16-36-31(33-34-35-36)28-19-27(25-14-8-15-26(18-25)32(37)38)29(40-21-23-10-4-2-5-11-23)20-30(28)41-22-24-12-6-3-7-13-24/h2-8,10-15,18-20H,9,16-17,21-22H2,1H3,(H,37,38). The van der Waals surface area contributed by atoms with E-state index in [0.717, 1.165) is 17.5 Å². The molecule has 0 aliphatic rings. The molecule has 0 spiro atoms. The Balaban J connectivity index is 1.62. The topological polar surface area (TPSA) is 109 Å². The first-order valence-electron chi connectivity index (χ1n) is 13.2. The quantitative estimate of drug-likeness (QED) is 0.181. The lowest BCUT2D eigenvalue weighted by Crippen LogP contribution is -2.07. The average Bonchev–Trinajstić information content (AvgIpc) is 3.48. The fraction of sp³-hybridized carbons (Fsp3) is 0.188. The fourth-order valence-corrected chi connectivity index (χ4v) is 4.40. The van der Waals surface area contributed by atoms with Gasteiger partial charge >= 0.3 is 5.97 Å². The van der Waals surface area contributed by atoms with Gasteiger partial charge in [-0.2, -0.15) is 0 Å². The number of aromatic carboxylic acids is 1. The maximum absolute atomic E-state index is 11.8. The van der Waals surface area contributed by atoms with Gasteiger partial charge in [-0.05, 0) is 51.7 Å². The number of aryl methyl sites for hydroxylation is 1. The second-order valence-corrected chi connectivity index (χ2v) is 9.35. The van der Waals surface area contributed by atoms with Crippen molar-refractivity contribution in [3.8, 4) is 34.0 Å². The third kappa shape index (κ3) is 6.95. The molecule has 0 saturated carbocycles. The molecule has 0 radical (unpaired) electrons. The van der Waals surface area contributed by atoms with Crippen LogP contribution in [0.25, 0.3) is 22.5 Å². The number of benzene rings is 4. The van der Waals surface area contributed by atoms with E-state index in [1.54, 1.807) is 30.0 Å². The zero-order chi connectivity index (χ0) is 28.4. The Hall–Kier alpha value is -5.02. The van der Waals surface area contributed by atoms with Gasteiger partial charge in [0.2, 0.25) is 0 Å². The fourth-order valence-electron chi connectivity index (χ4n) is 4.40. The lowest BCUT2D eigenvalue weighted by atomic mass is 9.98. The number of rotatable bonds is 13. The molecule has 0 atom stereocenters. The molecule has 1 aromatic heterocycles. The minimum absolute atomic E-state index is 0.173. The first-order chi connectivity index (χ1) is 20.1. The molecule has 9 heteroatoms. The number of methoxy groups -OCH3 is 1. The van der Waals surface area contributed by atoms with Crippen LogP contribution in [0.1, 0.15) is 27.9 Å². The van der Waals surface area contributed by atoms with Crippen LogP contribution in [0.15, 0.2) is 97.1 Å². The molecule has 0 aliphatic carbocycles. The zero-order valence-corrected chi connectivity index (χ0v) is 22.6. The van der Waals surface area contributed by atoms with Crippen LogP contribution in [0.3, 0.4) is 0 Å². The van der Waals surface area contributed by atoms with E-state index in [2.05, 4.69) is 15.5 Å². The summed E-state index contributed by atoms with van der Waals surface area (Å²) in [6.07, 6.45) is 0.723. The van der Waals surface area contributed by atoms with Crippen LogP contribution < -0.4 is 9.47 Å². The van der Waals surface area contributed by atoms with Crippen molar-refractivity contribution in [2.75, 3.05) is 13.7 Å². The second-order valence-electron chi connectivity index (χ2n) is 9.35. The molecule has 1 heterocycles. The molecular weight excluding hydrogens is 520 g/mol. The van der Waals surface area contributed by atoms with Crippen LogP contribution in [0.5, 0.6) is 11.5 Å². The Bertz CT molecular complexity index is 1590. The predicted octanol–water partition coefficient (Wildman–Crippen LogP) is 5.90. The summed E-state index contributed by atoms with van der Waals surface area (Å²) in [6.45, 7) is 1.75. The third-order valence-corrected chi connectivity index (χ3v) is 6.47. The molecule has 0 saturated heterocycles. The third-order valence-electron chi connectivity index (χ3n) is 6.47. The molecule has 0 amide bonds. The molecule has 0 bridgehead atoms. The minimum Gasteiger partial charge on any atom is -0.488 e. The summed E-state index contributed by atoms with van der Waals surface area (Å²) in [6, 6.07) is 30.2. The van der Waals surface area contributed by atoms with Crippen molar-refractivity contribution in [1.82, 2.24) is 20.2 Å². The monoisotopic (exact) mass is 550 g/mol. The smallest absolute Gasteiger partial charge is 0.335 e. The Morgan fingerprint density at radius 1 is 0.805 bits per heavy atom. The van der Waals surface area contributed by atoms with Crippen LogP contribution in [-0.2, 0) is 24.5 Å². The van der Waals surface area contributed by atoms with E-state index < -0.39 is 5.97 Å². The van der Waals surface area contributed by atoms with Crippen LogP contribution >= 0.6 is 0 Å². The molecule has 0 aliphatic heterocycles. The normalized spacial score (nSPS) is 10.9. The van der Waals surface area contributed by atoms with Crippen molar-refractivity contribution in [1.29, 1.82) is 0 Å². The second kappa shape index (κ2) is 13.4. The molecule has 208 valence electrons. The maximum atomic E-state index is 11.8. The van der Waals surface area contributed by atoms with Gasteiger partial charge in [-0.3, -0.25) is 0 Å².